The maximum atomic E-state index is 12.9. The molecule has 2 rings (SSSR count). The fourth-order valence-corrected chi connectivity index (χ4v) is 1.97. The van der Waals surface area contributed by atoms with Crippen molar-refractivity contribution in [2.24, 2.45) is 0 Å². The van der Waals surface area contributed by atoms with Crippen molar-refractivity contribution in [1.29, 1.82) is 0 Å². The molecule has 0 N–H and O–H groups in total. The summed E-state index contributed by atoms with van der Waals surface area (Å²) < 4.78 is 34.1. The zero-order chi connectivity index (χ0) is 16.8. The first kappa shape index (κ1) is 17.0. The van der Waals surface area contributed by atoms with E-state index in [0.29, 0.717) is 5.75 Å². The van der Waals surface area contributed by atoms with Gasteiger partial charge in [0.25, 0.3) is 0 Å². The van der Waals surface area contributed by atoms with E-state index in [4.69, 9.17) is 18.9 Å². The number of ether oxygens (including phenoxy) is 4. The molecule has 0 saturated heterocycles. The third-order valence-corrected chi connectivity index (χ3v) is 2.95. The molecule has 0 spiro atoms. The van der Waals surface area contributed by atoms with Crippen LogP contribution in [0.1, 0.15) is 13.8 Å². The Morgan fingerprint density at radius 2 is 1.83 bits per heavy atom. The lowest BCUT2D eigenvalue weighted by molar-refractivity contribution is -0.178. The van der Waals surface area contributed by atoms with Gasteiger partial charge in [0.15, 0.2) is 0 Å². The molecule has 0 radical (unpaired) electrons. The lowest BCUT2D eigenvalue weighted by Crippen LogP contribution is -2.42. The van der Waals surface area contributed by atoms with Crippen molar-refractivity contribution in [2.45, 2.75) is 32.3 Å². The largest absolute Gasteiger partial charge is 0.463 e. The van der Waals surface area contributed by atoms with Crippen LogP contribution >= 0.6 is 0 Å². The van der Waals surface area contributed by atoms with Gasteiger partial charge < -0.3 is 18.9 Å². The molecule has 0 fully saturated rings. The van der Waals surface area contributed by atoms with Crippen LogP contribution in [0.5, 0.6) is 5.75 Å². The van der Waals surface area contributed by atoms with Gasteiger partial charge in [-0.25, -0.2) is 4.39 Å². The molecule has 0 aromatic heterocycles. The maximum absolute atomic E-state index is 12.9. The van der Waals surface area contributed by atoms with E-state index >= 15 is 0 Å². The highest BCUT2D eigenvalue weighted by Crippen LogP contribution is 2.21. The Balaban J connectivity index is 2.03. The fourth-order valence-electron chi connectivity index (χ4n) is 1.97. The van der Waals surface area contributed by atoms with Gasteiger partial charge in [-0.2, -0.15) is 0 Å². The van der Waals surface area contributed by atoms with Gasteiger partial charge in [0.05, 0.1) is 0 Å². The first-order valence-electron chi connectivity index (χ1n) is 7.00. The molecule has 1 aliphatic rings. The van der Waals surface area contributed by atoms with Gasteiger partial charge in [-0.1, -0.05) is 0 Å². The van der Waals surface area contributed by atoms with E-state index in [0.717, 1.165) is 0 Å². The number of carbonyl (C=O) groups is 2. The molecule has 1 aromatic carbocycles. The highest BCUT2D eigenvalue weighted by atomic mass is 19.1. The molecule has 0 bridgehead atoms. The SMILES string of the molecule is CC(=O)OC[C@H]1O[C@H](Oc2ccc(F)cc2)C=C[C@@H]1OC(C)=O. The zero-order valence-corrected chi connectivity index (χ0v) is 12.7. The van der Waals surface area contributed by atoms with E-state index in [2.05, 4.69) is 0 Å². The Bertz CT molecular complexity index is 583. The van der Waals surface area contributed by atoms with Crippen molar-refractivity contribution in [2.75, 3.05) is 6.61 Å². The number of carbonyl (C=O) groups excluding carboxylic acids is 2. The Hall–Kier alpha value is -2.41. The van der Waals surface area contributed by atoms with E-state index in [9.17, 15) is 14.0 Å². The average Bonchev–Trinajstić information content (AvgIpc) is 2.49. The van der Waals surface area contributed by atoms with Crippen LogP contribution in [0.25, 0.3) is 0 Å². The van der Waals surface area contributed by atoms with Crippen molar-refractivity contribution >= 4 is 11.9 Å². The van der Waals surface area contributed by atoms with Gasteiger partial charge in [-0.15, -0.1) is 0 Å². The van der Waals surface area contributed by atoms with Gasteiger partial charge >= 0.3 is 11.9 Å². The second kappa shape index (κ2) is 7.73. The zero-order valence-electron chi connectivity index (χ0n) is 12.7. The lowest BCUT2D eigenvalue weighted by Gasteiger charge is -2.31. The van der Waals surface area contributed by atoms with Crippen molar-refractivity contribution in [3.63, 3.8) is 0 Å². The summed E-state index contributed by atoms with van der Waals surface area (Å²) in [5.41, 5.74) is 0. The third kappa shape index (κ3) is 5.37. The molecular formula is C16H17FO6. The van der Waals surface area contributed by atoms with Crippen LogP contribution < -0.4 is 4.74 Å². The molecule has 6 nitrogen and oxygen atoms in total. The predicted octanol–water partition coefficient (Wildman–Crippen LogP) is 1.98. The third-order valence-electron chi connectivity index (χ3n) is 2.95. The summed E-state index contributed by atoms with van der Waals surface area (Å²) in [4.78, 5) is 22.1. The number of rotatable bonds is 5. The van der Waals surface area contributed by atoms with E-state index in [-0.39, 0.29) is 12.4 Å². The van der Waals surface area contributed by atoms with Crippen molar-refractivity contribution in [3.8, 4) is 5.75 Å². The smallest absolute Gasteiger partial charge is 0.303 e. The maximum Gasteiger partial charge on any atom is 0.303 e. The number of hydrogen-bond acceptors (Lipinski definition) is 6. The number of benzene rings is 1. The molecule has 23 heavy (non-hydrogen) atoms. The van der Waals surface area contributed by atoms with Crippen molar-refractivity contribution < 1.29 is 32.9 Å². The van der Waals surface area contributed by atoms with Crippen LogP contribution in [0, 0.1) is 5.82 Å². The Kier molecular flexibility index (Phi) is 5.70. The van der Waals surface area contributed by atoms with Crippen LogP contribution in [-0.2, 0) is 23.8 Å². The molecule has 0 saturated carbocycles. The molecule has 1 heterocycles. The van der Waals surface area contributed by atoms with Crippen LogP contribution in [0.3, 0.4) is 0 Å². The van der Waals surface area contributed by atoms with Crippen LogP contribution in [-0.4, -0.2) is 37.0 Å². The Morgan fingerprint density at radius 1 is 1.13 bits per heavy atom. The highest BCUT2D eigenvalue weighted by Gasteiger charge is 2.31. The van der Waals surface area contributed by atoms with Crippen molar-refractivity contribution in [1.82, 2.24) is 0 Å². The lowest BCUT2D eigenvalue weighted by atomic mass is 10.1. The predicted molar refractivity (Wildman–Crippen MR) is 77.0 cm³/mol. The molecule has 3 atom stereocenters. The number of esters is 2. The molecule has 0 aliphatic carbocycles. The summed E-state index contributed by atoms with van der Waals surface area (Å²) in [6.45, 7) is 2.46. The Morgan fingerprint density at radius 3 is 2.43 bits per heavy atom. The van der Waals surface area contributed by atoms with E-state index in [1.54, 1.807) is 12.2 Å². The quantitative estimate of drug-likeness (QED) is 0.609. The molecule has 124 valence electrons. The minimum atomic E-state index is -0.771. The van der Waals surface area contributed by atoms with Crippen molar-refractivity contribution in [3.05, 3.63) is 42.2 Å². The molecule has 0 amide bonds. The van der Waals surface area contributed by atoms with Gasteiger partial charge in [-0.05, 0) is 36.4 Å². The van der Waals surface area contributed by atoms with Gasteiger partial charge in [-0.3, -0.25) is 9.59 Å². The summed E-state index contributed by atoms with van der Waals surface area (Å²) in [6.07, 6.45) is 1.03. The summed E-state index contributed by atoms with van der Waals surface area (Å²) in [7, 11) is 0. The molecule has 7 heteroatoms. The van der Waals surface area contributed by atoms with Crippen LogP contribution in [0.15, 0.2) is 36.4 Å². The fraction of sp³-hybridized carbons (Fsp3) is 0.375. The summed E-state index contributed by atoms with van der Waals surface area (Å²) in [5.74, 6) is -0.909. The normalized spacial score (nSPS) is 23.2. The van der Waals surface area contributed by atoms with E-state index in [1.165, 1.54) is 38.1 Å². The Labute approximate surface area is 132 Å². The molecule has 1 aromatic rings. The van der Waals surface area contributed by atoms with Gasteiger partial charge in [0, 0.05) is 13.8 Å². The van der Waals surface area contributed by atoms with E-state index < -0.39 is 30.4 Å². The van der Waals surface area contributed by atoms with Gasteiger partial charge in [0.1, 0.15) is 30.4 Å². The monoisotopic (exact) mass is 324 g/mol. The molecular weight excluding hydrogens is 307 g/mol. The summed E-state index contributed by atoms with van der Waals surface area (Å²) >= 11 is 0. The second-order valence-electron chi connectivity index (χ2n) is 4.88. The minimum Gasteiger partial charge on any atom is -0.463 e. The number of halogens is 1. The first-order valence-corrected chi connectivity index (χ1v) is 7.00. The average molecular weight is 324 g/mol. The topological polar surface area (TPSA) is 71.1 Å². The van der Waals surface area contributed by atoms with E-state index in [1.807, 2.05) is 0 Å². The van der Waals surface area contributed by atoms with Gasteiger partial charge in [0.2, 0.25) is 6.29 Å². The minimum absolute atomic E-state index is 0.0824. The van der Waals surface area contributed by atoms with Crippen LogP contribution in [0.2, 0.25) is 0 Å². The summed E-state index contributed by atoms with van der Waals surface area (Å²) in [5, 5.41) is 0. The second-order valence-corrected chi connectivity index (χ2v) is 4.88. The summed E-state index contributed by atoms with van der Waals surface area (Å²) in [6, 6.07) is 5.46. The molecule has 1 aliphatic heterocycles. The number of hydrogen-bond donors (Lipinski definition) is 0. The molecule has 0 unspecified atom stereocenters. The highest BCUT2D eigenvalue weighted by molar-refractivity contribution is 5.66. The first-order chi connectivity index (χ1) is 10.9. The van der Waals surface area contributed by atoms with Crippen LogP contribution in [0.4, 0.5) is 4.39 Å². The standard InChI is InChI=1S/C16H17FO6/c1-10(18)20-9-15-14(21-11(2)19)7-8-16(23-15)22-13-5-3-12(17)4-6-13/h3-8,14-16H,9H2,1-2H3/t14-,15+,16-/m0/s1.